The van der Waals surface area contributed by atoms with Crippen LogP contribution in [0.2, 0.25) is 0 Å². The monoisotopic (exact) mass is 300 g/mol. The van der Waals surface area contributed by atoms with Crippen LogP contribution in [0.4, 0.5) is 4.39 Å². The molecule has 0 saturated heterocycles. The van der Waals surface area contributed by atoms with Gasteiger partial charge in [-0.15, -0.1) is 11.3 Å². The Bertz CT molecular complexity index is 799. The first-order chi connectivity index (χ1) is 10.1. The van der Waals surface area contributed by atoms with Crippen LogP contribution < -0.4 is 0 Å². The van der Waals surface area contributed by atoms with E-state index in [0.29, 0.717) is 11.3 Å². The summed E-state index contributed by atoms with van der Waals surface area (Å²) in [6.07, 6.45) is 2.69. The minimum atomic E-state index is -0.966. The topological polar surface area (TPSA) is 63.1 Å². The van der Waals surface area contributed by atoms with Gasteiger partial charge in [0.1, 0.15) is 10.8 Å². The SMILES string of the molecule is O=C(O)c1ccc(-c2nc(-c3cncc(F)c3)cs2)cc1. The number of hydrogen-bond acceptors (Lipinski definition) is 4. The number of carbonyl (C=O) groups is 1. The lowest BCUT2D eigenvalue weighted by atomic mass is 10.1. The molecule has 0 bridgehead atoms. The summed E-state index contributed by atoms with van der Waals surface area (Å²) >= 11 is 1.41. The van der Waals surface area contributed by atoms with Crippen molar-refractivity contribution in [2.24, 2.45) is 0 Å². The molecule has 0 aliphatic rings. The van der Waals surface area contributed by atoms with Crippen LogP contribution in [0.3, 0.4) is 0 Å². The van der Waals surface area contributed by atoms with Gasteiger partial charge in [-0.05, 0) is 18.2 Å². The van der Waals surface area contributed by atoms with E-state index in [4.69, 9.17) is 5.11 Å². The smallest absolute Gasteiger partial charge is 0.335 e. The number of nitrogens with zero attached hydrogens (tertiary/aromatic N) is 2. The van der Waals surface area contributed by atoms with Crippen LogP contribution in [0.25, 0.3) is 21.8 Å². The third kappa shape index (κ3) is 2.80. The number of pyridine rings is 1. The highest BCUT2D eigenvalue weighted by Crippen LogP contribution is 2.28. The number of aromatic carboxylic acids is 1. The molecule has 6 heteroatoms. The molecule has 3 rings (SSSR count). The number of halogens is 1. The summed E-state index contributed by atoms with van der Waals surface area (Å²) in [4.78, 5) is 19.0. The normalized spacial score (nSPS) is 10.5. The predicted molar refractivity (Wildman–Crippen MR) is 77.7 cm³/mol. The van der Waals surface area contributed by atoms with E-state index in [1.54, 1.807) is 18.3 Å². The second kappa shape index (κ2) is 5.41. The zero-order valence-electron chi connectivity index (χ0n) is 10.7. The van der Waals surface area contributed by atoms with E-state index >= 15 is 0 Å². The third-order valence-electron chi connectivity index (χ3n) is 2.88. The van der Waals surface area contributed by atoms with Gasteiger partial charge in [-0.25, -0.2) is 14.2 Å². The first kappa shape index (κ1) is 13.4. The molecule has 0 unspecified atom stereocenters. The maximum Gasteiger partial charge on any atom is 0.335 e. The van der Waals surface area contributed by atoms with Gasteiger partial charge in [0.05, 0.1) is 17.5 Å². The number of thiazole rings is 1. The standard InChI is InChI=1S/C15H9FN2O2S/c16-12-5-11(6-17-7-12)13-8-21-14(18-13)9-1-3-10(4-2-9)15(19)20/h1-8H,(H,19,20). The van der Waals surface area contributed by atoms with E-state index in [1.165, 1.54) is 29.5 Å². The van der Waals surface area contributed by atoms with Crippen LogP contribution in [0.1, 0.15) is 10.4 Å². The molecule has 21 heavy (non-hydrogen) atoms. The van der Waals surface area contributed by atoms with Crippen molar-refractivity contribution >= 4 is 17.3 Å². The Morgan fingerprint density at radius 3 is 2.57 bits per heavy atom. The number of aromatic nitrogens is 2. The van der Waals surface area contributed by atoms with E-state index in [0.717, 1.165) is 16.8 Å². The van der Waals surface area contributed by atoms with Crippen molar-refractivity contribution in [2.75, 3.05) is 0 Å². The van der Waals surface area contributed by atoms with Crippen LogP contribution in [-0.4, -0.2) is 21.0 Å². The summed E-state index contributed by atoms with van der Waals surface area (Å²) in [5.41, 5.74) is 2.30. The maximum atomic E-state index is 13.2. The Labute approximate surface area is 123 Å². The molecule has 2 aromatic heterocycles. The molecule has 2 heterocycles. The number of hydrogen-bond donors (Lipinski definition) is 1. The Hall–Kier alpha value is -2.60. The molecule has 0 amide bonds. The van der Waals surface area contributed by atoms with Crippen LogP contribution in [0.5, 0.6) is 0 Å². The molecule has 0 saturated carbocycles. The van der Waals surface area contributed by atoms with Gasteiger partial charge in [0.15, 0.2) is 0 Å². The summed E-state index contributed by atoms with van der Waals surface area (Å²) in [5, 5.41) is 11.4. The lowest BCUT2D eigenvalue weighted by Crippen LogP contribution is -1.94. The predicted octanol–water partition coefficient (Wildman–Crippen LogP) is 3.71. The van der Waals surface area contributed by atoms with Crippen LogP contribution in [-0.2, 0) is 0 Å². The van der Waals surface area contributed by atoms with Crippen LogP contribution in [0, 0.1) is 5.82 Å². The highest BCUT2D eigenvalue weighted by atomic mass is 32.1. The quantitative estimate of drug-likeness (QED) is 0.801. The average molecular weight is 300 g/mol. The summed E-state index contributed by atoms with van der Waals surface area (Å²) in [6, 6.07) is 7.84. The van der Waals surface area contributed by atoms with Gasteiger partial charge in [0, 0.05) is 22.7 Å². The molecule has 0 radical (unpaired) electrons. The lowest BCUT2D eigenvalue weighted by molar-refractivity contribution is 0.0697. The Morgan fingerprint density at radius 1 is 1.14 bits per heavy atom. The highest BCUT2D eigenvalue weighted by Gasteiger charge is 2.09. The fraction of sp³-hybridized carbons (Fsp3) is 0. The molecule has 1 N–H and O–H groups in total. The van der Waals surface area contributed by atoms with E-state index in [-0.39, 0.29) is 5.56 Å². The Kier molecular flexibility index (Phi) is 3.45. The molecule has 4 nitrogen and oxygen atoms in total. The van der Waals surface area contributed by atoms with Crippen molar-refractivity contribution in [1.29, 1.82) is 0 Å². The van der Waals surface area contributed by atoms with Gasteiger partial charge >= 0.3 is 5.97 Å². The molecule has 0 fully saturated rings. The summed E-state index contributed by atoms with van der Waals surface area (Å²) < 4.78 is 13.2. The van der Waals surface area contributed by atoms with Gasteiger partial charge in [0.2, 0.25) is 0 Å². The number of carboxylic acids is 1. The lowest BCUT2D eigenvalue weighted by Gasteiger charge is -1.98. The minimum Gasteiger partial charge on any atom is -0.478 e. The largest absolute Gasteiger partial charge is 0.478 e. The summed E-state index contributed by atoms with van der Waals surface area (Å²) in [7, 11) is 0. The third-order valence-corrected chi connectivity index (χ3v) is 3.77. The van der Waals surface area contributed by atoms with Gasteiger partial charge in [-0.2, -0.15) is 0 Å². The zero-order chi connectivity index (χ0) is 14.8. The number of carboxylic acid groups (broad SMARTS) is 1. The number of rotatable bonds is 3. The van der Waals surface area contributed by atoms with Gasteiger partial charge in [-0.3, -0.25) is 4.98 Å². The van der Waals surface area contributed by atoms with Crippen molar-refractivity contribution in [3.8, 4) is 21.8 Å². The van der Waals surface area contributed by atoms with Crippen LogP contribution in [0.15, 0.2) is 48.1 Å². The summed E-state index contributed by atoms with van der Waals surface area (Å²) in [6.45, 7) is 0. The van der Waals surface area contributed by atoms with E-state index < -0.39 is 11.8 Å². The van der Waals surface area contributed by atoms with Gasteiger partial charge in [0.25, 0.3) is 0 Å². The van der Waals surface area contributed by atoms with Crippen molar-refractivity contribution in [1.82, 2.24) is 9.97 Å². The minimum absolute atomic E-state index is 0.227. The van der Waals surface area contributed by atoms with Crippen LogP contribution >= 0.6 is 11.3 Å². The van der Waals surface area contributed by atoms with Gasteiger partial charge in [-0.1, -0.05) is 12.1 Å². The average Bonchev–Trinajstić information content (AvgIpc) is 2.97. The van der Waals surface area contributed by atoms with Crippen molar-refractivity contribution in [3.63, 3.8) is 0 Å². The van der Waals surface area contributed by atoms with Crippen molar-refractivity contribution in [3.05, 3.63) is 59.5 Å². The van der Waals surface area contributed by atoms with E-state index in [1.807, 2.05) is 5.38 Å². The molecular weight excluding hydrogens is 291 g/mol. The first-order valence-electron chi connectivity index (χ1n) is 6.03. The summed E-state index contributed by atoms with van der Waals surface area (Å²) in [5.74, 6) is -1.37. The maximum absolute atomic E-state index is 13.2. The molecule has 104 valence electrons. The molecular formula is C15H9FN2O2S. The fourth-order valence-corrected chi connectivity index (χ4v) is 2.68. The molecule has 0 atom stereocenters. The molecule has 0 spiro atoms. The zero-order valence-corrected chi connectivity index (χ0v) is 11.5. The molecule has 0 aliphatic carbocycles. The second-order valence-corrected chi connectivity index (χ2v) is 5.17. The van der Waals surface area contributed by atoms with E-state index in [9.17, 15) is 9.18 Å². The van der Waals surface area contributed by atoms with Crippen molar-refractivity contribution in [2.45, 2.75) is 0 Å². The van der Waals surface area contributed by atoms with E-state index in [2.05, 4.69) is 9.97 Å². The highest BCUT2D eigenvalue weighted by molar-refractivity contribution is 7.13. The molecule has 1 aromatic carbocycles. The second-order valence-electron chi connectivity index (χ2n) is 4.31. The first-order valence-corrected chi connectivity index (χ1v) is 6.91. The number of benzene rings is 1. The van der Waals surface area contributed by atoms with Crippen molar-refractivity contribution < 1.29 is 14.3 Å². The van der Waals surface area contributed by atoms with Gasteiger partial charge < -0.3 is 5.11 Å². The Morgan fingerprint density at radius 2 is 1.90 bits per heavy atom. The fourth-order valence-electron chi connectivity index (χ4n) is 1.85. The Balaban J connectivity index is 1.93. The molecule has 3 aromatic rings. The molecule has 0 aliphatic heterocycles.